The van der Waals surface area contributed by atoms with E-state index in [1.54, 1.807) is 12.4 Å². The maximum absolute atomic E-state index is 12.9. The highest BCUT2D eigenvalue weighted by molar-refractivity contribution is 7.89. The molecule has 7 nitrogen and oxygen atoms in total. The van der Waals surface area contributed by atoms with Gasteiger partial charge in [-0.05, 0) is 38.0 Å². The second-order valence-electron chi connectivity index (χ2n) is 6.17. The number of rotatable bonds is 4. The highest BCUT2D eigenvalue weighted by Crippen LogP contribution is 2.26. The maximum atomic E-state index is 12.9. The van der Waals surface area contributed by atoms with E-state index in [4.69, 9.17) is 11.6 Å². The van der Waals surface area contributed by atoms with Gasteiger partial charge in [0.15, 0.2) is 0 Å². The number of nitrogens with one attached hydrogen (secondary N) is 1. The summed E-state index contributed by atoms with van der Waals surface area (Å²) in [6, 6.07) is 5.98. The second kappa shape index (κ2) is 7.94. The van der Waals surface area contributed by atoms with Crippen molar-refractivity contribution in [3.05, 3.63) is 44.9 Å². The molecule has 0 aliphatic carbocycles. The SMILES string of the molecule is Cc1ncsc1C(=O)NC1CCN(S(=O)(=O)c2cc(Cl)ccc2C#N)CC1. The van der Waals surface area contributed by atoms with E-state index in [0.29, 0.717) is 23.4 Å². The number of amides is 1. The Morgan fingerprint density at radius 3 is 2.70 bits per heavy atom. The van der Waals surface area contributed by atoms with Crippen LogP contribution in [0.3, 0.4) is 0 Å². The lowest BCUT2D eigenvalue weighted by Gasteiger charge is -2.31. The van der Waals surface area contributed by atoms with Crippen molar-refractivity contribution in [2.24, 2.45) is 0 Å². The summed E-state index contributed by atoms with van der Waals surface area (Å²) in [7, 11) is -3.82. The molecule has 142 valence electrons. The zero-order valence-corrected chi connectivity index (χ0v) is 16.9. The lowest BCUT2D eigenvalue weighted by atomic mass is 10.1. The van der Waals surface area contributed by atoms with Crippen LogP contribution in [-0.2, 0) is 10.0 Å². The third-order valence-electron chi connectivity index (χ3n) is 4.42. The molecule has 0 unspecified atom stereocenters. The summed E-state index contributed by atoms with van der Waals surface area (Å²) in [4.78, 5) is 16.8. The molecule has 1 saturated heterocycles. The van der Waals surface area contributed by atoms with Gasteiger partial charge in [-0.2, -0.15) is 9.57 Å². The van der Waals surface area contributed by atoms with Crippen molar-refractivity contribution in [3.63, 3.8) is 0 Å². The van der Waals surface area contributed by atoms with Crippen molar-refractivity contribution in [2.75, 3.05) is 13.1 Å². The average Bonchev–Trinajstić information content (AvgIpc) is 3.08. The summed E-state index contributed by atoms with van der Waals surface area (Å²) in [6.45, 7) is 2.29. The van der Waals surface area contributed by atoms with Gasteiger partial charge in [-0.15, -0.1) is 11.3 Å². The summed E-state index contributed by atoms with van der Waals surface area (Å²) < 4.78 is 27.1. The second-order valence-corrected chi connectivity index (χ2v) is 9.37. The minimum atomic E-state index is -3.82. The Morgan fingerprint density at radius 1 is 1.41 bits per heavy atom. The molecule has 2 heterocycles. The quantitative estimate of drug-likeness (QED) is 0.812. The third-order valence-corrected chi connectivity index (χ3v) is 7.52. The fourth-order valence-corrected chi connectivity index (χ4v) is 5.53. The lowest BCUT2D eigenvalue weighted by Crippen LogP contribution is -2.46. The van der Waals surface area contributed by atoms with Crippen LogP contribution >= 0.6 is 22.9 Å². The Bertz CT molecular complexity index is 1010. The number of thiazole rings is 1. The van der Waals surface area contributed by atoms with Crippen LogP contribution in [0.5, 0.6) is 0 Å². The number of carbonyl (C=O) groups is 1. The summed E-state index contributed by atoms with van der Waals surface area (Å²) in [6.07, 6.45) is 0.983. The maximum Gasteiger partial charge on any atom is 0.263 e. The molecule has 0 saturated carbocycles. The molecule has 1 amide bonds. The minimum Gasteiger partial charge on any atom is -0.348 e. The first-order chi connectivity index (χ1) is 12.8. The van der Waals surface area contributed by atoms with Gasteiger partial charge in [0.2, 0.25) is 10.0 Å². The van der Waals surface area contributed by atoms with E-state index in [1.807, 2.05) is 6.07 Å². The van der Waals surface area contributed by atoms with Gasteiger partial charge >= 0.3 is 0 Å². The first-order valence-electron chi connectivity index (χ1n) is 8.23. The number of carbonyl (C=O) groups excluding carboxylic acids is 1. The number of halogens is 1. The molecular formula is C17H17ClN4O3S2. The molecule has 10 heteroatoms. The summed E-state index contributed by atoms with van der Waals surface area (Å²) >= 11 is 7.20. The highest BCUT2D eigenvalue weighted by Gasteiger charge is 2.32. The molecule has 1 fully saturated rings. The average molecular weight is 425 g/mol. The Labute approximate surface area is 166 Å². The van der Waals surface area contributed by atoms with Crippen LogP contribution in [0.1, 0.15) is 33.8 Å². The zero-order valence-electron chi connectivity index (χ0n) is 14.5. The molecule has 1 aliphatic heterocycles. The molecule has 0 atom stereocenters. The first kappa shape index (κ1) is 19.8. The molecule has 1 aromatic heterocycles. The largest absolute Gasteiger partial charge is 0.348 e. The topological polar surface area (TPSA) is 103 Å². The van der Waals surface area contributed by atoms with E-state index in [-0.39, 0.29) is 40.5 Å². The van der Waals surface area contributed by atoms with E-state index in [0.717, 1.165) is 0 Å². The molecule has 3 rings (SSSR count). The number of nitrogens with zero attached hydrogens (tertiary/aromatic N) is 3. The number of piperidine rings is 1. The summed E-state index contributed by atoms with van der Waals surface area (Å²) in [5.41, 5.74) is 2.37. The standard InChI is InChI=1S/C17H17ClN4O3S2/c1-11-16(26-10-20-11)17(23)21-14-4-6-22(7-5-14)27(24,25)15-8-13(18)3-2-12(15)9-19/h2-3,8,10,14H,4-7H2,1H3,(H,21,23). The van der Waals surface area contributed by atoms with Gasteiger partial charge in [0.05, 0.1) is 16.8 Å². The number of sulfonamides is 1. The van der Waals surface area contributed by atoms with Crippen molar-refractivity contribution in [2.45, 2.75) is 30.7 Å². The number of hydrogen-bond acceptors (Lipinski definition) is 6. The van der Waals surface area contributed by atoms with E-state index in [1.165, 1.54) is 33.8 Å². The number of nitriles is 1. The predicted molar refractivity (Wildman–Crippen MR) is 102 cm³/mol. The van der Waals surface area contributed by atoms with Crippen molar-refractivity contribution in [3.8, 4) is 6.07 Å². The van der Waals surface area contributed by atoms with Crippen LogP contribution in [0, 0.1) is 18.3 Å². The molecule has 27 heavy (non-hydrogen) atoms. The van der Waals surface area contributed by atoms with Gasteiger partial charge in [-0.1, -0.05) is 11.6 Å². The fourth-order valence-electron chi connectivity index (χ4n) is 2.95. The number of aromatic nitrogens is 1. The van der Waals surface area contributed by atoms with Gasteiger partial charge in [0.25, 0.3) is 5.91 Å². The zero-order chi connectivity index (χ0) is 19.6. The predicted octanol–water partition coefficient (Wildman–Crippen LogP) is 2.56. The molecule has 0 bridgehead atoms. The van der Waals surface area contributed by atoms with Crippen molar-refractivity contribution in [1.82, 2.24) is 14.6 Å². The van der Waals surface area contributed by atoms with Gasteiger partial charge in [-0.25, -0.2) is 13.4 Å². The Morgan fingerprint density at radius 2 is 2.11 bits per heavy atom. The van der Waals surface area contributed by atoms with Crippen LogP contribution in [0.4, 0.5) is 0 Å². The number of aryl methyl sites for hydroxylation is 1. The number of hydrogen-bond donors (Lipinski definition) is 1. The molecule has 2 aromatic rings. The molecule has 0 spiro atoms. The Hall–Kier alpha value is -1.99. The molecule has 0 radical (unpaired) electrons. The van der Waals surface area contributed by atoms with Crippen LogP contribution < -0.4 is 5.32 Å². The normalized spacial score (nSPS) is 16.0. The Kier molecular flexibility index (Phi) is 5.81. The van der Waals surface area contributed by atoms with E-state index >= 15 is 0 Å². The van der Waals surface area contributed by atoms with Crippen molar-refractivity contribution >= 4 is 38.9 Å². The third kappa shape index (κ3) is 4.14. The monoisotopic (exact) mass is 424 g/mol. The number of benzene rings is 1. The van der Waals surface area contributed by atoms with Gasteiger partial charge in [0, 0.05) is 24.2 Å². The van der Waals surface area contributed by atoms with Gasteiger partial charge < -0.3 is 5.32 Å². The van der Waals surface area contributed by atoms with Crippen LogP contribution in [0.15, 0.2) is 28.6 Å². The summed E-state index contributed by atoms with van der Waals surface area (Å²) in [5, 5.41) is 12.4. The lowest BCUT2D eigenvalue weighted by molar-refractivity contribution is 0.0927. The van der Waals surface area contributed by atoms with E-state index < -0.39 is 10.0 Å². The van der Waals surface area contributed by atoms with Crippen molar-refractivity contribution < 1.29 is 13.2 Å². The van der Waals surface area contributed by atoms with E-state index in [9.17, 15) is 18.5 Å². The smallest absolute Gasteiger partial charge is 0.263 e. The minimum absolute atomic E-state index is 0.0653. The van der Waals surface area contributed by atoms with Crippen molar-refractivity contribution in [1.29, 1.82) is 5.26 Å². The molecule has 1 aromatic carbocycles. The Balaban J connectivity index is 1.69. The van der Waals surface area contributed by atoms with Crippen LogP contribution in [-0.4, -0.2) is 42.7 Å². The molecular weight excluding hydrogens is 408 g/mol. The van der Waals surface area contributed by atoms with Gasteiger partial charge in [-0.3, -0.25) is 4.79 Å². The molecule has 1 N–H and O–H groups in total. The summed E-state index contributed by atoms with van der Waals surface area (Å²) in [5.74, 6) is -0.182. The van der Waals surface area contributed by atoms with Gasteiger partial charge in [0.1, 0.15) is 15.8 Å². The fraction of sp³-hybridized carbons (Fsp3) is 0.353. The van der Waals surface area contributed by atoms with Crippen LogP contribution in [0.25, 0.3) is 0 Å². The van der Waals surface area contributed by atoms with E-state index in [2.05, 4.69) is 10.3 Å². The molecule has 1 aliphatic rings. The van der Waals surface area contributed by atoms with Crippen LogP contribution in [0.2, 0.25) is 5.02 Å². The highest BCUT2D eigenvalue weighted by atomic mass is 35.5. The first-order valence-corrected chi connectivity index (χ1v) is 10.9.